The molecule has 98 valence electrons. The highest BCUT2D eigenvalue weighted by molar-refractivity contribution is 5.83. The van der Waals surface area contributed by atoms with Crippen molar-refractivity contribution in [1.29, 1.82) is 0 Å². The van der Waals surface area contributed by atoms with Crippen LogP contribution in [0, 0.1) is 5.41 Å². The quantitative estimate of drug-likeness (QED) is 0.816. The third-order valence-corrected chi connectivity index (χ3v) is 4.35. The zero-order chi connectivity index (χ0) is 12.3. The summed E-state index contributed by atoms with van der Waals surface area (Å²) in [6.45, 7) is 6.21. The predicted octanol–water partition coefficient (Wildman–Crippen LogP) is 2.51. The van der Waals surface area contributed by atoms with Crippen LogP contribution in [0.25, 0.3) is 0 Å². The number of hydrogen-bond donors (Lipinski definition) is 1. The van der Waals surface area contributed by atoms with Crippen molar-refractivity contribution in [3.63, 3.8) is 0 Å². The van der Waals surface area contributed by atoms with Gasteiger partial charge in [0, 0.05) is 6.54 Å². The lowest BCUT2D eigenvalue weighted by atomic mass is 9.75. The summed E-state index contributed by atoms with van der Waals surface area (Å²) >= 11 is 0. The summed E-state index contributed by atoms with van der Waals surface area (Å²) in [6.07, 6.45) is 8.68. The summed E-state index contributed by atoms with van der Waals surface area (Å²) in [5.41, 5.74) is 0.372. The molecule has 1 aliphatic heterocycles. The van der Waals surface area contributed by atoms with Gasteiger partial charge in [0.25, 0.3) is 0 Å². The third-order valence-electron chi connectivity index (χ3n) is 4.35. The second kappa shape index (κ2) is 5.38. The van der Waals surface area contributed by atoms with Crippen LogP contribution in [0.5, 0.6) is 0 Å². The van der Waals surface area contributed by atoms with Crippen molar-refractivity contribution in [1.82, 2.24) is 10.2 Å². The highest BCUT2D eigenvalue weighted by Crippen LogP contribution is 2.36. The van der Waals surface area contributed by atoms with Crippen LogP contribution in [0.3, 0.4) is 0 Å². The van der Waals surface area contributed by atoms with Gasteiger partial charge in [0.15, 0.2) is 0 Å². The molecule has 1 saturated heterocycles. The Balaban J connectivity index is 1.89. The van der Waals surface area contributed by atoms with Gasteiger partial charge in [-0.1, -0.05) is 39.5 Å². The van der Waals surface area contributed by atoms with Crippen LogP contribution in [-0.4, -0.2) is 30.1 Å². The monoisotopic (exact) mass is 238 g/mol. The molecule has 1 unspecified atom stereocenters. The molecule has 1 heterocycles. The Hall–Kier alpha value is -0.570. The van der Waals surface area contributed by atoms with E-state index in [1.54, 1.807) is 0 Å². The molecule has 17 heavy (non-hydrogen) atoms. The van der Waals surface area contributed by atoms with E-state index in [0.29, 0.717) is 11.3 Å². The van der Waals surface area contributed by atoms with Gasteiger partial charge in [-0.05, 0) is 24.7 Å². The molecule has 0 aromatic heterocycles. The third kappa shape index (κ3) is 3.01. The molecule has 3 heteroatoms. The van der Waals surface area contributed by atoms with Crippen molar-refractivity contribution in [2.75, 3.05) is 13.2 Å². The van der Waals surface area contributed by atoms with Gasteiger partial charge in [-0.2, -0.15) is 0 Å². The van der Waals surface area contributed by atoms with Crippen molar-refractivity contribution >= 4 is 5.91 Å². The fraction of sp³-hybridized carbons (Fsp3) is 0.929. The molecular formula is C14H26N2O. The number of nitrogens with zero attached hydrogens (tertiary/aromatic N) is 1. The smallest absolute Gasteiger partial charge is 0.240 e. The van der Waals surface area contributed by atoms with Crippen molar-refractivity contribution in [3.8, 4) is 0 Å². The van der Waals surface area contributed by atoms with Gasteiger partial charge in [0.2, 0.25) is 5.91 Å². The topological polar surface area (TPSA) is 32.3 Å². The standard InChI is InChI=1S/C14H26N2O/c1-3-7-12-13(17)16(11-15-12)10-14(2)8-5-4-6-9-14/h12,15H,3-11H2,1-2H3. The molecule has 2 aliphatic rings. The van der Waals surface area contributed by atoms with E-state index in [2.05, 4.69) is 19.2 Å². The lowest BCUT2D eigenvalue weighted by Crippen LogP contribution is -2.39. The van der Waals surface area contributed by atoms with Crippen LogP contribution in [0.1, 0.15) is 58.8 Å². The van der Waals surface area contributed by atoms with E-state index in [1.807, 2.05) is 4.90 Å². The minimum atomic E-state index is 0.0900. The molecular weight excluding hydrogens is 212 g/mol. The Morgan fingerprint density at radius 3 is 2.71 bits per heavy atom. The zero-order valence-electron chi connectivity index (χ0n) is 11.3. The van der Waals surface area contributed by atoms with E-state index in [4.69, 9.17) is 0 Å². The lowest BCUT2D eigenvalue weighted by molar-refractivity contribution is -0.130. The summed E-state index contributed by atoms with van der Waals surface area (Å²) in [5, 5.41) is 3.34. The number of amides is 1. The van der Waals surface area contributed by atoms with E-state index in [0.717, 1.165) is 26.1 Å². The van der Waals surface area contributed by atoms with Crippen LogP contribution in [0.2, 0.25) is 0 Å². The number of carbonyl (C=O) groups is 1. The number of hydrogen-bond acceptors (Lipinski definition) is 2. The normalized spacial score (nSPS) is 28.7. The first-order valence-electron chi connectivity index (χ1n) is 7.17. The SMILES string of the molecule is CCCC1NCN(CC2(C)CCCCC2)C1=O. The van der Waals surface area contributed by atoms with Gasteiger partial charge in [-0.25, -0.2) is 0 Å². The minimum absolute atomic E-state index is 0.0900. The molecule has 0 bridgehead atoms. The van der Waals surface area contributed by atoms with Gasteiger partial charge in [-0.3, -0.25) is 10.1 Å². The minimum Gasteiger partial charge on any atom is -0.328 e. The molecule has 0 aromatic rings. The Labute approximate surface area is 105 Å². The predicted molar refractivity (Wildman–Crippen MR) is 69.6 cm³/mol. The molecule has 1 atom stereocenters. The van der Waals surface area contributed by atoms with Crippen molar-refractivity contribution in [2.45, 2.75) is 64.8 Å². The van der Waals surface area contributed by atoms with Crippen LogP contribution in [0.15, 0.2) is 0 Å². The van der Waals surface area contributed by atoms with E-state index in [1.165, 1.54) is 32.1 Å². The first-order valence-corrected chi connectivity index (χ1v) is 7.17. The van der Waals surface area contributed by atoms with Gasteiger partial charge in [0.1, 0.15) is 0 Å². The summed E-state index contributed by atoms with van der Waals surface area (Å²) in [6, 6.07) is 0.0900. The van der Waals surface area contributed by atoms with E-state index in [-0.39, 0.29) is 6.04 Å². The molecule has 0 radical (unpaired) electrons. The summed E-state index contributed by atoms with van der Waals surface area (Å²) in [5.74, 6) is 0.332. The molecule has 1 amide bonds. The Bertz CT molecular complexity index is 271. The van der Waals surface area contributed by atoms with Gasteiger partial charge in [0.05, 0.1) is 12.7 Å². The summed E-state index contributed by atoms with van der Waals surface area (Å²) < 4.78 is 0. The largest absolute Gasteiger partial charge is 0.328 e. The fourth-order valence-corrected chi connectivity index (χ4v) is 3.28. The molecule has 1 saturated carbocycles. The highest BCUT2D eigenvalue weighted by Gasteiger charge is 2.36. The second-order valence-electron chi connectivity index (χ2n) is 6.11. The molecule has 1 N–H and O–H groups in total. The van der Waals surface area contributed by atoms with Crippen LogP contribution < -0.4 is 5.32 Å². The van der Waals surface area contributed by atoms with Crippen LogP contribution in [-0.2, 0) is 4.79 Å². The van der Waals surface area contributed by atoms with Gasteiger partial charge >= 0.3 is 0 Å². The number of carbonyl (C=O) groups excluding carboxylic acids is 1. The first kappa shape index (κ1) is 12.9. The maximum atomic E-state index is 12.2. The maximum absolute atomic E-state index is 12.2. The lowest BCUT2D eigenvalue weighted by Gasteiger charge is -2.36. The number of rotatable bonds is 4. The van der Waals surface area contributed by atoms with Gasteiger partial charge < -0.3 is 4.90 Å². The molecule has 3 nitrogen and oxygen atoms in total. The molecule has 0 spiro atoms. The fourth-order valence-electron chi connectivity index (χ4n) is 3.28. The average Bonchev–Trinajstić information content (AvgIpc) is 2.63. The van der Waals surface area contributed by atoms with E-state index in [9.17, 15) is 4.79 Å². The van der Waals surface area contributed by atoms with Crippen molar-refractivity contribution in [2.24, 2.45) is 5.41 Å². The van der Waals surface area contributed by atoms with Gasteiger partial charge in [-0.15, -0.1) is 0 Å². The van der Waals surface area contributed by atoms with E-state index >= 15 is 0 Å². The van der Waals surface area contributed by atoms with Crippen molar-refractivity contribution in [3.05, 3.63) is 0 Å². The van der Waals surface area contributed by atoms with Crippen LogP contribution in [0.4, 0.5) is 0 Å². The zero-order valence-corrected chi connectivity index (χ0v) is 11.3. The molecule has 2 fully saturated rings. The number of nitrogens with one attached hydrogen (secondary N) is 1. The summed E-state index contributed by atoms with van der Waals surface area (Å²) in [7, 11) is 0. The second-order valence-corrected chi connectivity index (χ2v) is 6.11. The Morgan fingerprint density at radius 2 is 2.06 bits per heavy atom. The summed E-state index contributed by atoms with van der Waals surface area (Å²) in [4.78, 5) is 14.2. The Kier molecular flexibility index (Phi) is 4.08. The molecule has 1 aliphatic carbocycles. The maximum Gasteiger partial charge on any atom is 0.240 e. The van der Waals surface area contributed by atoms with Crippen LogP contribution >= 0.6 is 0 Å². The first-order chi connectivity index (χ1) is 8.14. The molecule has 2 rings (SSSR count). The van der Waals surface area contributed by atoms with Crippen molar-refractivity contribution < 1.29 is 4.79 Å². The molecule has 0 aromatic carbocycles. The Morgan fingerprint density at radius 1 is 1.35 bits per heavy atom. The average molecular weight is 238 g/mol. The highest BCUT2D eigenvalue weighted by atomic mass is 16.2. The van der Waals surface area contributed by atoms with E-state index < -0.39 is 0 Å².